The molecule has 0 aliphatic carbocycles. The van der Waals surface area contributed by atoms with Crippen molar-refractivity contribution in [3.8, 4) is 5.75 Å². The SMILES string of the molecule is Cc1cc(OCC(=O)N2CCCCC2C(N)=O)ccc1[N+](=O)[O-]. The molecule has 23 heavy (non-hydrogen) atoms. The number of amides is 2. The van der Waals surface area contributed by atoms with Crippen molar-refractivity contribution in [3.05, 3.63) is 33.9 Å². The molecule has 1 saturated heterocycles. The molecule has 1 aliphatic rings. The number of hydrogen-bond acceptors (Lipinski definition) is 5. The van der Waals surface area contributed by atoms with Crippen LogP contribution < -0.4 is 10.5 Å². The van der Waals surface area contributed by atoms with E-state index in [1.54, 1.807) is 6.92 Å². The van der Waals surface area contributed by atoms with Crippen molar-refractivity contribution in [2.45, 2.75) is 32.2 Å². The second kappa shape index (κ2) is 7.08. The molecule has 0 bridgehead atoms. The van der Waals surface area contributed by atoms with E-state index in [4.69, 9.17) is 10.5 Å². The lowest BCUT2D eigenvalue weighted by Crippen LogP contribution is -2.51. The van der Waals surface area contributed by atoms with E-state index >= 15 is 0 Å². The quantitative estimate of drug-likeness (QED) is 0.645. The Morgan fingerprint density at radius 3 is 2.78 bits per heavy atom. The molecule has 1 aromatic rings. The van der Waals surface area contributed by atoms with E-state index in [1.165, 1.54) is 23.1 Å². The third-order valence-electron chi connectivity index (χ3n) is 3.88. The number of ether oxygens (including phenoxy) is 1. The summed E-state index contributed by atoms with van der Waals surface area (Å²) >= 11 is 0. The van der Waals surface area contributed by atoms with E-state index in [0.717, 1.165) is 12.8 Å². The van der Waals surface area contributed by atoms with E-state index < -0.39 is 16.9 Å². The first-order chi connectivity index (χ1) is 10.9. The number of carbonyl (C=O) groups is 2. The van der Waals surface area contributed by atoms with Crippen molar-refractivity contribution in [3.63, 3.8) is 0 Å². The third-order valence-corrected chi connectivity index (χ3v) is 3.88. The molecule has 2 rings (SSSR count). The summed E-state index contributed by atoms with van der Waals surface area (Å²) in [6.07, 6.45) is 2.25. The van der Waals surface area contributed by atoms with Crippen LogP contribution in [0, 0.1) is 17.0 Å². The first-order valence-electron chi connectivity index (χ1n) is 7.37. The van der Waals surface area contributed by atoms with Crippen LogP contribution in [0.5, 0.6) is 5.75 Å². The molecule has 0 saturated carbocycles. The molecular formula is C15H19N3O5. The summed E-state index contributed by atoms with van der Waals surface area (Å²) in [5.41, 5.74) is 5.78. The third kappa shape index (κ3) is 3.97. The van der Waals surface area contributed by atoms with E-state index in [0.29, 0.717) is 24.3 Å². The molecule has 0 spiro atoms. The predicted molar refractivity (Wildman–Crippen MR) is 81.9 cm³/mol. The number of nitrogens with zero attached hydrogens (tertiary/aromatic N) is 2. The molecule has 2 amide bonds. The molecule has 1 atom stereocenters. The standard InChI is InChI=1S/C15H19N3O5/c1-10-8-11(5-6-12(10)18(21)22)23-9-14(19)17-7-3-2-4-13(17)15(16)20/h5-6,8,13H,2-4,7,9H2,1H3,(H2,16,20). The summed E-state index contributed by atoms with van der Waals surface area (Å²) in [5, 5.41) is 10.8. The van der Waals surface area contributed by atoms with Gasteiger partial charge in [0.15, 0.2) is 6.61 Å². The average molecular weight is 321 g/mol. The number of rotatable bonds is 5. The minimum atomic E-state index is -0.585. The zero-order chi connectivity index (χ0) is 17.0. The first-order valence-corrected chi connectivity index (χ1v) is 7.37. The van der Waals surface area contributed by atoms with Crippen molar-refractivity contribution in [2.75, 3.05) is 13.2 Å². The number of hydrogen-bond donors (Lipinski definition) is 1. The maximum Gasteiger partial charge on any atom is 0.272 e. The number of likely N-dealkylation sites (tertiary alicyclic amines) is 1. The van der Waals surface area contributed by atoms with Crippen LogP contribution in [0.2, 0.25) is 0 Å². The van der Waals surface area contributed by atoms with Crippen LogP contribution in [-0.4, -0.2) is 40.8 Å². The smallest absolute Gasteiger partial charge is 0.272 e. The van der Waals surface area contributed by atoms with Gasteiger partial charge in [0.2, 0.25) is 5.91 Å². The molecule has 1 aliphatic heterocycles. The molecule has 1 unspecified atom stereocenters. The van der Waals surface area contributed by atoms with Gasteiger partial charge in [-0.1, -0.05) is 0 Å². The van der Waals surface area contributed by atoms with E-state index in [2.05, 4.69) is 0 Å². The largest absolute Gasteiger partial charge is 0.484 e. The normalized spacial score (nSPS) is 17.6. The fourth-order valence-corrected chi connectivity index (χ4v) is 2.68. The fourth-order valence-electron chi connectivity index (χ4n) is 2.68. The second-order valence-corrected chi connectivity index (χ2v) is 5.50. The summed E-state index contributed by atoms with van der Waals surface area (Å²) in [7, 11) is 0. The van der Waals surface area contributed by atoms with Gasteiger partial charge in [0.05, 0.1) is 4.92 Å². The summed E-state index contributed by atoms with van der Waals surface area (Å²) < 4.78 is 5.40. The molecule has 0 radical (unpaired) electrons. The highest BCUT2D eigenvalue weighted by Crippen LogP contribution is 2.23. The van der Waals surface area contributed by atoms with Crippen LogP contribution in [0.15, 0.2) is 18.2 Å². The Bertz CT molecular complexity index is 632. The Morgan fingerprint density at radius 2 is 2.17 bits per heavy atom. The number of piperidine rings is 1. The predicted octanol–water partition coefficient (Wildman–Crippen LogP) is 1.15. The molecule has 1 heterocycles. The number of nitro benzene ring substituents is 1. The van der Waals surface area contributed by atoms with Gasteiger partial charge in [0.25, 0.3) is 11.6 Å². The summed E-state index contributed by atoms with van der Waals surface area (Å²) in [5.74, 6) is -0.456. The van der Waals surface area contributed by atoms with Crippen molar-refractivity contribution >= 4 is 17.5 Å². The highest BCUT2D eigenvalue weighted by molar-refractivity contribution is 5.87. The Labute approximate surface area is 133 Å². The first kappa shape index (κ1) is 16.7. The number of primary amides is 1. The fraction of sp³-hybridized carbons (Fsp3) is 0.467. The van der Waals surface area contributed by atoms with Gasteiger partial charge in [0, 0.05) is 18.2 Å². The molecular weight excluding hydrogens is 302 g/mol. The minimum Gasteiger partial charge on any atom is -0.484 e. The van der Waals surface area contributed by atoms with Gasteiger partial charge in [-0.3, -0.25) is 19.7 Å². The molecule has 8 heteroatoms. The van der Waals surface area contributed by atoms with Crippen LogP contribution in [0.3, 0.4) is 0 Å². The number of benzene rings is 1. The maximum atomic E-state index is 12.2. The van der Waals surface area contributed by atoms with Crippen molar-refractivity contribution in [2.24, 2.45) is 5.73 Å². The van der Waals surface area contributed by atoms with Crippen LogP contribution >= 0.6 is 0 Å². The lowest BCUT2D eigenvalue weighted by Gasteiger charge is -2.33. The highest BCUT2D eigenvalue weighted by Gasteiger charge is 2.30. The summed E-state index contributed by atoms with van der Waals surface area (Å²) in [6.45, 7) is 1.84. The van der Waals surface area contributed by atoms with Gasteiger partial charge in [-0.05, 0) is 38.3 Å². The topological polar surface area (TPSA) is 116 Å². The Morgan fingerprint density at radius 1 is 1.43 bits per heavy atom. The van der Waals surface area contributed by atoms with Crippen LogP contribution in [0.25, 0.3) is 0 Å². The summed E-state index contributed by atoms with van der Waals surface area (Å²) in [4.78, 5) is 35.4. The van der Waals surface area contributed by atoms with Gasteiger partial charge >= 0.3 is 0 Å². The number of nitro groups is 1. The molecule has 0 aromatic heterocycles. The van der Waals surface area contributed by atoms with Crippen LogP contribution in [0.4, 0.5) is 5.69 Å². The zero-order valence-electron chi connectivity index (χ0n) is 12.9. The summed E-state index contributed by atoms with van der Waals surface area (Å²) in [6, 6.07) is 3.70. The van der Waals surface area contributed by atoms with Gasteiger partial charge in [-0.15, -0.1) is 0 Å². The average Bonchev–Trinajstić information content (AvgIpc) is 2.52. The lowest BCUT2D eigenvalue weighted by atomic mass is 10.0. The van der Waals surface area contributed by atoms with E-state index in [-0.39, 0.29) is 18.2 Å². The molecule has 1 fully saturated rings. The zero-order valence-corrected chi connectivity index (χ0v) is 12.9. The number of nitrogens with two attached hydrogens (primary N) is 1. The Balaban J connectivity index is 1.99. The number of aryl methyl sites for hydroxylation is 1. The van der Waals surface area contributed by atoms with Crippen LogP contribution in [0.1, 0.15) is 24.8 Å². The molecule has 1 aromatic carbocycles. The van der Waals surface area contributed by atoms with Gasteiger partial charge < -0.3 is 15.4 Å². The number of carbonyl (C=O) groups excluding carboxylic acids is 2. The molecule has 8 nitrogen and oxygen atoms in total. The van der Waals surface area contributed by atoms with Gasteiger partial charge in [-0.2, -0.15) is 0 Å². The van der Waals surface area contributed by atoms with E-state index in [9.17, 15) is 19.7 Å². The lowest BCUT2D eigenvalue weighted by molar-refractivity contribution is -0.385. The maximum absolute atomic E-state index is 12.2. The Kier molecular flexibility index (Phi) is 5.15. The highest BCUT2D eigenvalue weighted by atomic mass is 16.6. The molecule has 2 N–H and O–H groups in total. The van der Waals surface area contributed by atoms with Crippen molar-refractivity contribution in [1.29, 1.82) is 0 Å². The Hall–Kier alpha value is -2.64. The van der Waals surface area contributed by atoms with Crippen LogP contribution in [-0.2, 0) is 9.59 Å². The van der Waals surface area contributed by atoms with E-state index in [1.807, 2.05) is 0 Å². The van der Waals surface area contributed by atoms with Crippen molar-refractivity contribution in [1.82, 2.24) is 4.90 Å². The second-order valence-electron chi connectivity index (χ2n) is 5.50. The monoisotopic (exact) mass is 321 g/mol. The van der Waals surface area contributed by atoms with Gasteiger partial charge in [-0.25, -0.2) is 0 Å². The van der Waals surface area contributed by atoms with Crippen molar-refractivity contribution < 1.29 is 19.2 Å². The minimum absolute atomic E-state index is 0.00602. The van der Waals surface area contributed by atoms with Gasteiger partial charge in [0.1, 0.15) is 11.8 Å². The molecule has 124 valence electrons.